The first-order valence-corrected chi connectivity index (χ1v) is 9.52. The first-order valence-electron chi connectivity index (χ1n) is 9.52. The van der Waals surface area contributed by atoms with Gasteiger partial charge in [0.1, 0.15) is 17.3 Å². The van der Waals surface area contributed by atoms with Crippen LogP contribution in [0.4, 0.5) is 13.2 Å². The second kappa shape index (κ2) is 8.55. The Kier molecular flexibility index (Phi) is 5.66. The molecule has 0 unspecified atom stereocenters. The molecule has 156 valence electrons. The third-order valence-electron chi connectivity index (χ3n) is 4.66. The standard InChI is InChI=1S/C24H17F3N2O2/c25-24(26,27)18-3-1-2-17(12-18)14-19(30)13-16-4-6-20(7-5-16)31-21-8-9-22-23(15-21)29-11-10-28-22/h1-12,15H,13-14H2. The van der Waals surface area contributed by atoms with E-state index < -0.39 is 11.7 Å². The van der Waals surface area contributed by atoms with Gasteiger partial charge in [0.25, 0.3) is 0 Å². The number of hydrogen-bond donors (Lipinski definition) is 0. The molecule has 0 aliphatic rings. The lowest BCUT2D eigenvalue weighted by Gasteiger charge is -2.09. The van der Waals surface area contributed by atoms with Crippen molar-refractivity contribution < 1.29 is 22.7 Å². The second-order valence-electron chi connectivity index (χ2n) is 7.04. The molecular weight excluding hydrogens is 405 g/mol. The van der Waals surface area contributed by atoms with Gasteiger partial charge >= 0.3 is 6.18 Å². The van der Waals surface area contributed by atoms with Crippen molar-refractivity contribution in [3.05, 3.63) is 95.8 Å². The van der Waals surface area contributed by atoms with E-state index in [1.54, 1.807) is 48.8 Å². The van der Waals surface area contributed by atoms with Gasteiger partial charge in [-0.2, -0.15) is 13.2 Å². The molecule has 0 aliphatic heterocycles. The highest BCUT2D eigenvalue weighted by molar-refractivity contribution is 5.83. The summed E-state index contributed by atoms with van der Waals surface area (Å²) in [5.74, 6) is 1.04. The molecule has 0 fully saturated rings. The average molecular weight is 422 g/mol. The molecule has 0 spiro atoms. The van der Waals surface area contributed by atoms with E-state index >= 15 is 0 Å². The largest absolute Gasteiger partial charge is 0.457 e. The van der Waals surface area contributed by atoms with Gasteiger partial charge in [0.05, 0.1) is 16.6 Å². The lowest BCUT2D eigenvalue weighted by atomic mass is 10.0. The van der Waals surface area contributed by atoms with E-state index in [1.807, 2.05) is 6.07 Å². The van der Waals surface area contributed by atoms with Gasteiger partial charge in [-0.3, -0.25) is 14.8 Å². The molecule has 7 heteroatoms. The minimum Gasteiger partial charge on any atom is -0.457 e. The molecule has 0 amide bonds. The van der Waals surface area contributed by atoms with E-state index in [1.165, 1.54) is 12.1 Å². The molecule has 4 rings (SSSR count). The summed E-state index contributed by atoms with van der Waals surface area (Å²) in [5.41, 5.74) is 1.84. The quantitative estimate of drug-likeness (QED) is 0.394. The topological polar surface area (TPSA) is 52.1 Å². The van der Waals surface area contributed by atoms with Crippen molar-refractivity contribution in [2.24, 2.45) is 0 Å². The van der Waals surface area contributed by atoms with Crippen LogP contribution in [0.15, 0.2) is 79.1 Å². The van der Waals surface area contributed by atoms with Crippen molar-refractivity contribution >= 4 is 16.8 Å². The fraction of sp³-hybridized carbons (Fsp3) is 0.125. The van der Waals surface area contributed by atoms with E-state index in [0.717, 1.165) is 28.7 Å². The minimum absolute atomic E-state index is 0.0553. The highest BCUT2D eigenvalue weighted by Gasteiger charge is 2.30. The summed E-state index contributed by atoms with van der Waals surface area (Å²) >= 11 is 0. The molecule has 0 saturated heterocycles. The third kappa shape index (κ3) is 5.25. The van der Waals surface area contributed by atoms with Crippen molar-refractivity contribution in [2.75, 3.05) is 0 Å². The van der Waals surface area contributed by atoms with Crippen LogP contribution in [0.2, 0.25) is 0 Å². The normalized spacial score (nSPS) is 11.5. The monoisotopic (exact) mass is 422 g/mol. The first-order chi connectivity index (χ1) is 14.9. The summed E-state index contributed by atoms with van der Waals surface area (Å²) < 4.78 is 44.3. The predicted octanol–water partition coefficient (Wildman–Crippen LogP) is 5.80. The zero-order chi connectivity index (χ0) is 21.8. The number of rotatable bonds is 6. The van der Waals surface area contributed by atoms with Crippen LogP contribution >= 0.6 is 0 Å². The highest BCUT2D eigenvalue weighted by Crippen LogP contribution is 2.30. The van der Waals surface area contributed by atoms with Gasteiger partial charge in [-0.05, 0) is 41.5 Å². The van der Waals surface area contributed by atoms with Crippen molar-refractivity contribution in [3.63, 3.8) is 0 Å². The van der Waals surface area contributed by atoms with Gasteiger partial charge < -0.3 is 4.74 Å². The number of ether oxygens (including phenoxy) is 1. The summed E-state index contributed by atoms with van der Waals surface area (Å²) in [7, 11) is 0. The molecule has 1 aromatic heterocycles. The molecule has 0 radical (unpaired) electrons. The van der Waals surface area contributed by atoms with Crippen LogP contribution in [0.5, 0.6) is 11.5 Å². The number of carbonyl (C=O) groups excluding carboxylic acids is 1. The minimum atomic E-state index is -4.42. The van der Waals surface area contributed by atoms with E-state index in [4.69, 9.17) is 4.74 Å². The number of carbonyl (C=O) groups is 1. The fourth-order valence-electron chi connectivity index (χ4n) is 3.19. The summed E-state index contributed by atoms with van der Waals surface area (Å²) in [4.78, 5) is 20.8. The maximum absolute atomic E-state index is 12.8. The van der Waals surface area contributed by atoms with Crippen LogP contribution in [-0.2, 0) is 23.8 Å². The summed E-state index contributed by atoms with van der Waals surface area (Å²) in [6.07, 6.45) is -1.12. The maximum Gasteiger partial charge on any atom is 0.416 e. The predicted molar refractivity (Wildman–Crippen MR) is 110 cm³/mol. The first kappa shape index (κ1) is 20.5. The van der Waals surface area contributed by atoms with Crippen molar-refractivity contribution in [3.8, 4) is 11.5 Å². The van der Waals surface area contributed by atoms with Crippen molar-refractivity contribution in [2.45, 2.75) is 19.0 Å². The van der Waals surface area contributed by atoms with Gasteiger partial charge in [-0.1, -0.05) is 30.3 Å². The maximum atomic E-state index is 12.8. The number of ketones is 1. The van der Waals surface area contributed by atoms with Crippen LogP contribution in [0.25, 0.3) is 11.0 Å². The fourth-order valence-corrected chi connectivity index (χ4v) is 3.19. The lowest BCUT2D eigenvalue weighted by molar-refractivity contribution is -0.137. The zero-order valence-corrected chi connectivity index (χ0v) is 16.3. The Morgan fingerprint density at radius 2 is 1.45 bits per heavy atom. The van der Waals surface area contributed by atoms with Gasteiger partial charge in [0, 0.05) is 31.3 Å². The second-order valence-corrected chi connectivity index (χ2v) is 7.04. The zero-order valence-electron chi connectivity index (χ0n) is 16.3. The molecule has 31 heavy (non-hydrogen) atoms. The van der Waals surface area contributed by atoms with Gasteiger partial charge in [-0.25, -0.2) is 0 Å². The van der Waals surface area contributed by atoms with E-state index in [9.17, 15) is 18.0 Å². The molecule has 0 aliphatic carbocycles. The van der Waals surface area contributed by atoms with Crippen LogP contribution in [0.1, 0.15) is 16.7 Å². The molecule has 0 saturated carbocycles. The molecule has 0 bridgehead atoms. The SMILES string of the molecule is O=C(Cc1ccc(Oc2ccc3nccnc3c2)cc1)Cc1cccc(C(F)(F)F)c1. The van der Waals surface area contributed by atoms with Crippen molar-refractivity contribution in [1.29, 1.82) is 0 Å². The Bertz CT molecular complexity index is 1220. The summed E-state index contributed by atoms with van der Waals surface area (Å²) in [6.45, 7) is 0. The Hall–Kier alpha value is -3.74. The van der Waals surface area contributed by atoms with Crippen LogP contribution in [0, 0.1) is 0 Å². The average Bonchev–Trinajstić information content (AvgIpc) is 2.74. The molecule has 0 N–H and O–H groups in total. The van der Waals surface area contributed by atoms with Gasteiger partial charge in [0.15, 0.2) is 0 Å². The molecule has 3 aromatic carbocycles. The van der Waals surface area contributed by atoms with Crippen LogP contribution in [-0.4, -0.2) is 15.8 Å². The number of nitrogens with zero attached hydrogens (tertiary/aromatic N) is 2. The van der Waals surface area contributed by atoms with Crippen LogP contribution < -0.4 is 4.74 Å². The Labute approximate surface area is 176 Å². The number of halogens is 3. The van der Waals surface area contributed by atoms with E-state index in [0.29, 0.717) is 17.1 Å². The lowest BCUT2D eigenvalue weighted by Crippen LogP contribution is -2.09. The van der Waals surface area contributed by atoms with Gasteiger partial charge in [0.2, 0.25) is 0 Å². The number of hydrogen-bond acceptors (Lipinski definition) is 4. The number of alkyl halides is 3. The number of fused-ring (bicyclic) bond motifs is 1. The molecule has 0 atom stereocenters. The Balaban J connectivity index is 1.38. The van der Waals surface area contributed by atoms with Gasteiger partial charge in [-0.15, -0.1) is 0 Å². The highest BCUT2D eigenvalue weighted by atomic mass is 19.4. The third-order valence-corrected chi connectivity index (χ3v) is 4.66. The molecule has 4 aromatic rings. The summed E-state index contributed by atoms with van der Waals surface area (Å²) in [6, 6.07) is 17.3. The van der Waals surface area contributed by atoms with Crippen molar-refractivity contribution in [1.82, 2.24) is 9.97 Å². The number of aromatic nitrogens is 2. The summed E-state index contributed by atoms with van der Waals surface area (Å²) in [5, 5.41) is 0. The molecular formula is C24H17F3N2O2. The van der Waals surface area contributed by atoms with Crippen LogP contribution in [0.3, 0.4) is 0 Å². The Morgan fingerprint density at radius 1 is 0.774 bits per heavy atom. The Morgan fingerprint density at radius 3 is 2.19 bits per heavy atom. The molecule has 1 heterocycles. The number of benzene rings is 3. The smallest absolute Gasteiger partial charge is 0.416 e. The van der Waals surface area contributed by atoms with E-state index in [2.05, 4.69) is 9.97 Å². The number of Topliss-reactive ketones (excluding diaryl/α,β-unsaturated/α-hetero) is 1. The van der Waals surface area contributed by atoms with E-state index in [-0.39, 0.29) is 18.6 Å². The molecule has 4 nitrogen and oxygen atoms in total.